The number of benzene rings is 1. The molecule has 5 heteroatoms. The molecule has 2 aromatic rings. The molecular formula is C16H17N3OS. The maximum atomic E-state index is 12.4. The van der Waals surface area contributed by atoms with E-state index in [2.05, 4.69) is 10.3 Å². The van der Waals surface area contributed by atoms with E-state index in [9.17, 15) is 4.79 Å². The van der Waals surface area contributed by atoms with Crippen LogP contribution in [0.1, 0.15) is 11.1 Å². The number of nitrogens with zero attached hydrogens (tertiary/aromatic N) is 1. The van der Waals surface area contributed by atoms with Gasteiger partial charge in [-0.1, -0.05) is 48.6 Å². The Labute approximate surface area is 129 Å². The summed E-state index contributed by atoms with van der Waals surface area (Å²) in [6.07, 6.45) is 2.11. The average Bonchev–Trinajstić information content (AvgIpc) is 2.48. The number of amides is 1. The molecular weight excluding hydrogens is 282 g/mol. The number of rotatable bonds is 5. The standard InChI is InChI=1S/C16H17N3OS/c1-11-6-5-9-18-15(11)19-16(20)13(14(17)21)10-12-7-3-2-4-8-12/h2-9,13H,10H2,1H3,(H2,17,21)(H,18,19,20). The summed E-state index contributed by atoms with van der Waals surface area (Å²) in [6.45, 7) is 1.88. The second-order valence-electron chi connectivity index (χ2n) is 4.80. The number of hydrogen-bond donors (Lipinski definition) is 2. The highest BCUT2D eigenvalue weighted by Crippen LogP contribution is 2.14. The first-order valence-electron chi connectivity index (χ1n) is 6.63. The molecule has 108 valence electrons. The third-order valence-electron chi connectivity index (χ3n) is 3.19. The summed E-state index contributed by atoms with van der Waals surface area (Å²) in [5.41, 5.74) is 7.64. The van der Waals surface area contributed by atoms with E-state index in [4.69, 9.17) is 18.0 Å². The lowest BCUT2D eigenvalue weighted by Gasteiger charge is -2.16. The van der Waals surface area contributed by atoms with Crippen molar-refractivity contribution in [2.45, 2.75) is 13.3 Å². The van der Waals surface area contributed by atoms with Crippen molar-refractivity contribution in [1.82, 2.24) is 4.98 Å². The van der Waals surface area contributed by atoms with Gasteiger partial charge in [0.1, 0.15) is 5.82 Å². The summed E-state index contributed by atoms with van der Waals surface area (Å²) >= 11 is 5.04. The second-order valence-corrected chi connectivity index (χ2v) is 5.27. The van der Waals surface area contributed by atoms with Crippen molar-refractivity contribution in [1.29, 1.82) is 0 Å². The molecule has 2 rings (SSSR count). The normalized spacial score (nSPS) is 11.7. The molecule has 0 spiro atoms. The lowest BCUT2D eigenvalue weighted by molar-refractivity contribution is -0.118. The molecule has 1 heterocycles. The molecule has 0 saturated heterocycles. The zero-order valence-corrected chi connectivity index (χ0v) is 12.6. The van der Waals surface area contributed by atoms with Gasteiger partial charge in [-0.2, -0.15) is 0 Å². The van der Waals surface area contributed by atoms with Gasteiger partial charge in [0.2, 0.25) is 5.91 Å². The summed E-state index contributed by atoms with van der Waals surface area (Å²) < 4.78 is 0. The number of carbonyl (C=O) groups excluding carboxylic acids is 1. The van der Waals surface area contributed by atoms with Crippen LogP contribution in [-0.4, -0.2) is 15.9 Å². The third-order valence-corrected chi connectivity index (χ3v) is 3.48. The molecule has 0 saturated carbocycles. The van der Waals surface area contributed by atoms with Crippen molar-refractivity contribution in [3.63, 3.8) is 0 Å². The van der Waals surface area contributed by atoms with E-state index < -0.39 is 5.92 Å². The van der Waals surface area contributed by atoms with Crippen LogP contribution in [0, 0.1) is 12.8 Å². The van der Waals surface area contributed by atoms with Gasteiger partial charge in [-0.05, 0) is 30.5 Å². The number of pyridine rings is 1. The smallest absolute Gasteiger partial charge is 0.235 e. The zero-order chi connectivity index (χ0) is 15.2. The predicted molar refractivity (Wildman–Crippen MR) is 88.0 cm³/mol. The largest absolute Gasteiger partial charge is 0.393 e. The van der Waals surface area contributed by atoms with Crippen LogP contribution in [-0.2, 0) is 11.2 Å². The Morgan fingerprint density at radius 1 is 1.29 bits per heavy atom. The monoisotopic (exact) mass is 299 g/mol. The predicted octanol–water partition coefficient (Wildman–Crippen LogP) is 2.47. The van der Waals surface area contributed by atoms with Crippen molar-refractivity contribution in [2.24, 2.45) is 11.7 Å². The molecule has 0 aliphatic rings. The molecule has 1 amide bonds. The lowest BCUT2D eigenvalue weighted by Crippen LogP contribution is -2.35. The first-order chi connectivity index (χ1) is 10.1. The SMILES string of the molecule is Cc1cccnc1NC(=O)C(Cc1ccccc1)C(N)=S. The second kappa shape index (κ2) is 6.95. The van der Waals surface area contributed by atoms with E-state index in [-0.39, 0.29) is 10.9 Å². The number of thiocarbonyl (C=S) groups is 1. The van der Waals surface area contributed by atoms with Crippen LogP contribution < -0.4 is 11.1 Å². The van der Waals surface area contributed by atoms with Gasteiger partial charge >= 0.3 is 0 Å². The van der Waals surface area contributed by atoms with E-state index in [0.717, 1.165) is 11.1 Å². The van der Waals surface area contributed by atoms with Crippen molar-refractivity contribution in [3.05, 3.63) is 59.8 Å². The van der Waals surface area contributed by atoms with Crippen LogP contribution in [0.5, 0.6) is 0 Å². The Morgan fingerprint density at radius 3 is 2.62 bits per heavy atom. The topological polar surface area (TPSA) is 68.0 Å². The molecule has 0 aliphatic carbocycles. The third kappa shape index (κ3) is 4.10. The van der Waals surface area contributed by atoms with Crippen LogP contribution in [0.2, 0.25) is 0 Å². The minimum absolute atomic E-state index is 0.185. The van der Waals surface area contributed by atoms with Crippen molar-refractivity contribution in [3.8, 4) is 0 Å². The van der Waals surface area contributed by atoms with Crippen LogP contribution in [0.4, 0.5) is 5.82 Å². The molecule has 0 bridgehead atoms. The maximum absolute atomic E-state index is 12.4. The Morgan fingerprint density at radius 2 is 2.00 bits per heavy atom. The summed E-state index contributed by atoms with van der Waals surface area (Å²) in [5, 5.41) is 2.79. The van der Waals surface area contributed by atoms with Crippen LogP contribution in [0.25, 0.3) is 0 Å². The van der Waals surface area contributed by atoms with Gasteiger partial charge in [-0.3, -0.25) is 4.79 Å². The molecule has 21 heavy (non-hydrogen) atoms. The fraction of sp³-hybridized carbons (Fsp3) is 0.188. The van der Waals surface area contributed by atoms with Crippen LogP contribution >= 0.6 is 12.2 Å². The van der Waals surface area contributed by atoms with Gasteiger partial charge < -0.3 is 11.1 Å². The van der Waals surface area contributed by atoms with Crippen molar-refractivity contribution >= 4 is 28.9 Å². The summed E-state index contributed by atoms with van der Waals surface area (Å²) in [4.78, 5) is 16.7. The molecule has 0 radical (unpaired) electrons. The number of aromatic nitrogens is 1. The van der Waals surface area contributed by atoms with Gasteiger partial charge in [0.05, 0.1) is 10.9 Å². The Kier molecular flexibility index (Phi) is 5.00. The maximum Gasteiger partial charge on any atom is 0.235 e. The summed E-state index contributed by atoms with van der Waals surface area (Å²) in [7, 11) is 0. The summed E-state index contributed by atoms with van der Waals surface area (Å²) in [5.74, 6) is -0.242. The van der Waals surface area contributed by atoms with E-state index >= 15 is 0 Å². The first-order valence-corrected chi connectivity index (χ1v) is 7.04. The molecule has 1 aromatic carbocycles. The first kappa shape index (κ1) is 15.1. The van der Waals surface area contributed by atoms with Gasteiger partial charge in [0.15, 0.2) is 0 Å². The highest BCUT2D eigenvalue weighted by molar-refractivity contribution is 7.80. The summed E-state index contributed by atoms with van der Waals surface area (Å²) in [6, 6.07) is 13.4. The molecule has 1 unspecified atom stereocenters. The zero-order valence-electron chi connectivity index (χ0n) is 11.7. The van der Waals surface area contributed by atoms with Gasteiger partial charge in [-0.15, -0.1) is 0 Å². The Hall–Kier alpha value is -2.27. The fourth-order valence-corrected chi connectivity index (χ4v) is 2.18. The van der Waals surface area contributed by atoms with Crippen molar-refractivity contribution in [2.75, 3.05) is 5.32 Å². The van der Waals surface area contributed by atoms with Gasteiger partial charge in [-0.25, -0.2) is 4.98 Å². The minimum Gasteiger partial charge on any atom is -0.393 e. The van der Waals surface area contributed by atoms with E-state index in [1.165, 1.54) is 0 Å². The molecule has 0 aliphatic heterocycles. The Balaban J connectivity index is 2.13. The number of hydrogen-bond acceptors (Lipinski definition) is 3. The van der Waals surface area contributed by atoms with E-state index in [1.54, 1.807) is 6.20 Å². The number of nitrogens with one attached hydrogen (secondary N) is 1. The quantitative estimate of drug-likeness (QED) is 0.832. The van der Waals surface area contributed by atoms with Crippen LogP contribution in [0.15, 0.2) is 48.7 Å². The van der Waals surface area contributed by atoms with Crippen molar-refractivity contribution < 1.29 is 4.79 Å². The van der Waals surface area contributed by atoms with Gasteiger partial charge in [0.25, 0.3) is 0 Å². The number of carbonyl (C=O) groups is 1. The fourth-order valence-electron chi connectivity index (χ4n) is 1.99. The lowest BCUT2D eigenvalue weighted by atomic mass is 9.98. The molecule has 0 fully saturated rings. The molecule has 3 N–H and O–H groups in total. The van der Waals surface area contributed by atoms with Gasteiger partial charge in [0, 0.05) is 6.20 Å². The minimum atomic E-state index is -0.552. The molecule has 1 aromatic heterocycles. The van der Waals surface area contributed by atoms with Crippen LogP contribution in [0.3, 0.4) is 0 Å². The average molecular weight is 299 g/mol. The number of aryl methyl sites for hydroxylation is 1. The number of anilines is 1. The highest BCUT2D eigenvalue weighted by Gasteiger charge is 2.22. The number of nitrogens with two attached hydrogens (primary N) is 1. The highest BCUT2D eigenvalue weighted by atomic mass is 32.1. The molecule has 1 atom stereocenters. The Bertz CT molecular complexity index is 643. The van der Waals surface area contributed by atoms with E-state index in [0.29, 0.717) is 12.2 Å². The molecule has 4 nitrogen and oxygen atoms in total. The van der Waals surface area contributed by atoms with E-state index in [1.807, 2.05) is 49.4 Å².